The summed E-state index contributed by atoms with van der Waals surface area (Å²) >= 11 is 0. The lowest BCUT2D eigenvalue weighted by atomic mass is 9.89. The Morgan fingerprint density at radius 2 is 1.53 bits per heavy atom. The molecule has 0 radical (unpaired) electrons. The summed E-state index contributed by atoms with van der Waals surface area (Å²) in [6.07, 6.45) is 2.16. The summed E-state index contributed by atoms with van der Waals surface area (Å²) in [5.74, 6) is 0.0713. The number of nitrogens with zero attached hydrogens (tertiary/aromatic N) is 1. The average Bonchev–Trinajstić information content (AvgIpc) is 3.12. The first-order valence-corrected chi connectivity index (χ1v) is 17.5. The third-order valence-electron chi connectivity index (χ3n) is 9.70. The van der Waals surface area contributed by atoms with Gasteiger partial charge in [-0.05, 0) is 65.9 Å². The first-order chi connectivity index (χ1) is 23.7. The number of carbonyl (C=O) groups is 2. The van der Waals surface area contributed by atoms with E-state index in [0.29, 0.717) is 19.5 Å². The summed E-state index contributed by atoms with van der Waals surface area (Å²) in [6.45, 7) is 7.76. The Kier molecular flexibility index (Phi) is 13.0. The van der Waals surface area contributed by atoms with Gasteiger partial charge < -0.3 is 25.2 Å². The third-order valence-corrected chi connectivity index (χ3v) is 9.70. The van der Waals surface area contributed by atoms with Crippen LogP contribution in [-0.4, -0.2) is 48.1 Å². The van der Waals surface area contributed by atoms with Gasteiger partial charge in [-0.15, -0.1) is 0 Å². The van der Waals surface area contributed by atoms with Crippen LogP contribution in [0.25, 0.3) is 10.8 Å². The largest absolute Gasteiger partial charge is 0.392 e. The Bertz CT molecular complexity index is 1660. The van der Waals surface area contributed by atoms with E-state index in [1.807, 2.05) is 48.5 Å². The van der Waals surface area contributed by atoms with Crippen molar-refractivity contribution >= 4 is 22.6 Å². The van der Waals surface area contributed by atoms with Gasteiger partial charge in [0, 0.05) is 50.5 Å². The monoisotopic (exact) mass is 665 g/mol. The van der Waals surface area contributed by atoms with Crippen molar-refractivity contribution in [1.82, 2.24) is 15.5 Å². The second-order valence-corrected chi connectivity index (χ2v) is 13.4. The Hall–Kier alpha value is -4.08. The molecule has 0 unspecified atom stereocenters. The third kappa shape index (κ3) is 9.98. The highest BCUT2D eigenvalue weighted by Crippen LogP contribution is 2.42. The minimum atomic E-state index is -0.561. The molecule has 2 amide bonds. The van der Waals surface area contributed by atoms with E-state index in [4.69, 9.17) is 9.47 Å². The fraction of sp³-hybridized carbons (Fsp3) is 0.415. The van der Waals surface area contributed by atoms with E-state index in [1.54, 1.807) is 0 Å². The summed E-state index contributed by atoms with van der Waals surface area (Å²) in [7, 11) is 2.15. The molecule has 1 aliphatic rings. The zero-order chi connectivity index (χ0) is 34.8. The predicted octanol–water partition coefficient (Wildman–Crippen LogP) is 7.13. The number of likely N-dealkylation sites (N-methyl/N-ethyl adjacent to an activating group) is 1. The molecule has 49 heavy (non-hydrogen) atoms. The molecule has 4 aromatic rings. The number of benzene rings is 4. The van der Waals surface area contributed by atoms with E-state index < -0.39 is 6.29 Å². The Morgan fingerprint density at radius 3 is 2.24 bits per heavy atom. The van der Waals surface area contributed by atoms with Crippen LogP contribution in [0.3, 0.4) is 0 Å². The minimum Gasteiger partial charge on any atom is -0.392 e. The maximum atomic E-state index is 12.4. The molecule has 0 spiro atoms. The summed E-state index contributed by atoms with van der Waals surface area (Å²) in [4.78, 5) is 25.7. The highest BCUT2D eigenvalue weighted by atomic mass is 16.7. The fourth-order valence-corrected chi connectivity index (χ4v) is 6.43. The van der Waals surface area contributed by atoms with Gasteiger partial charge in [0.05, 0.1) is 18.8 Å². The Balaban J connectivity index is 1.24. The number of aliphatic hydroxyl groups excluding tert-OH is 1. The lowest BCUT2D eigenvalue weighted by Gasteiger charge is -2.43. The van der Waals surface area contributed by atoms with Crippen molar-refractivity contribution in [3.05, 3.63) is 119 Å². The minimum absolute atomic E-state index is 0.0000883. The molecule has 5 rings (SSSR count). The standard InChI is InChI=1S/C41H51N3O5/c1-28-38(26-44(4)29(2)36-22-21-33-10-7-8-11-37(33)24-36)48-41(49-40(28)34-17-15-32(27-45)16-18-34)35-19-13-31(14-20-35)25-43-39(47)12-6-5-9-23-42-30(3)46/h7-8,10-11,13-22,24,28-29,38,40-41,45H,5-6,9,12,23,25-27H2,1-4H3,(H,42,46)(H,43,47)/t28-,29-,38+,40+,41+/m1/s1. The number of unbranched alkanes of at least 4 members (excludes halogenated alkanes) is 2. The van der Waals surface area contributed by atoms with Crippen molar-refractivity contribution in [2.24, 2.45) is 5.92 Å². The fourth-order valence-electron chi connectivity index (χ4n) is 6.43. The molecule has 1 fully saturated rings. The SMILES string of the molecule is CC(=O)NCCCCCC(=O)NCc1ccc([C@H]2O[C@@H](CN(C)[C@H](C)c3ccc4ccccc4c3)[C@@H](C)[C@@H](c3ccc(CO)cc3)O2)cc1. The summed E-state index contributed by atoms with van der Waals surface area (Å²) in [5.41, 5.74) is 5.11. The molecule has 8 heteroatoms. The number of fused-ring (bicyclic) bond motifs is 1. The number of hydrogen-bond donors (Lipinski definition) is 3. The second-order valence-electron chi connectivity index (χ2n) is 13.4. The molecule has 0 bridgehead atoms. The number of nitrogens with one attached hydrogen (secondary N) is 2. The van der Waals surface area contributed by atoms with Crippen LogP contribution >= 0.6 is 0 Å². The van der Waals surface area contributed by atoms with Crippen molar-refractivity contribution in [3.8, 4) is 0 Å². The van der Waals surface area contributed by atoms with Crippen LogP contribution in [-0.2, 0) is 32.2 Å². The van der Waals surface area contributed by atoms with Crippen LogP contribution in [0.1, 0.15) is 92.7 Å². The maximum Gasteiger partial charge on any atom is 0.220 e. The first-order valence-electron chi connectivity index (χ1n) is 17.5. The van der Waals surface area contributed by atoms with Crippen molar-refractivity contribution in [2.75, 3.05) is 20.1 Å². The molecular weight excluding hydrogens is 614 g/mol. The van der Waals surface area contributed by atoms with Gasteiger partial charge in [-0.25, -0.2) is 0 Å². The highest BCUT2D eigenvalue weighted by molar-refractivity contribution is 5.83. The lowest BCUT2D eigenvalue weighted by molar-refractivity contribution is -0.276. The summed E-state index contributed by atoms with van der Waals surface area (Å²) < 4.78 is 13.4. The van der Waals surface area contributed by atoms with Gasteiger partial charge in [0.1, 0.15) is 0 Å². The normalized spacial score (nSPS) is 19.9. The lowest BCUT2D eigenvalue weighted by Crippen LogP contribution is -2.44. The summed E-state index contributed by atoms with van der Waals surface area (Å²) in [6, 6.07) is 31.4. The van der Waals surface area contributed by atoms with Crippen molar-refractivity contribution < 1.29 is 24.2 Å². The van der Waals surface area contributed by atoms with Crippen molar-refractivity contribution in [2.45, 2.75) is 84.1 Å². The van der Waals surface area contributed by atoms with Gasteiger partial charge in [0.25, 0.3) is 0 Å². The number of ether oxygens (including phenoxy) is 2. The van der Waals surface area contributed by atoms with Gasteiger partial charge in [-0.3, -0.25) is 14.5 Å². The Morgan fingerprint density at radius 1 is 0.837 bits per heavy atom. The summed E-state index contributed by atoms with van der Waals surface area (Å²) in [5, 5.41) is 17.9. The molecule has 5 atom stereocenters. The van der Waals surface area contributed by atoms with Crippen LogP contribution in [0.5, 0.6) is 0 Å². The maximum absolute atomic E-state index is 12.4. The first kappa shape index (κ1) is 36.2. The van der Waals surface area contributed by atoms with Gasteiger partial charge in [-0.1, -0.05) is 98.3 Å². The molecule has 0 aromatic heterocycles. The molecule has 0 saturated carbocycles. The topological polar surface area (TPSA) is 100 Å². The smallest absolute Gasteiger partial charge is 0.220 e. The quantitative estimate of drug-likeness (QED) is 0.117. The predicted molar refractivity (Wildman–Crippen MR) is 193 cm³/mol. The van der Waals surface area contributed by atoms with E-state index in [-0.39, 0.29) is 42.6 Å². The molecule has 1 heterocycles. The second kappa shape index (κ2) is 17.5. The van der Waals surface area contributed by atoms with Gasteiger partial charge >= 0.3 is 0 Å². The number of amides is 2. The van der Waals surface area contributed by atoms with E-state index >= 15 is 0 Å². The molecule has 3 N–H and O–H groups in total. The van der Waals surface area contributed by atoms with E-state index in [1.165, 1.54) is 23.3 Å². The van der Waals surface area contributed by atoms with Crippen LogP contribution < -0.4 is 10.6 Å². The van der Waals surface area contributed by atoms with E-state index in [0.717, 1.165) is 48.1 Å². The van der Waals surface area contributed by atoms with Crippen LogP contribution in [0.4, 0.5) is 0 Å². The molecular formula is C41H51N3O5. The zero-order valence-corrected chi connectivity index (χ0v) is 29.2. The van der Waals surface area contributed by atoms with Gasteiger partial charge in [-0.2, -0.15) is 0 Å². The average molecular weight is 666 g/mol. The van der Waals surface area contributed by atoms with E-state index in [9.17, 15) is 14.7 Å². The van der Waals surface area contributed by atoms with Gasteiger partial charge in [0.15, 0.2) is 6.29 Å². The molecule has 4 aromatic carbocycles. The molecule has 1 saturated heterocycles. The molecule has 8 nitrogen and oxygen atoms in total. The van der Waals surface area contributed by atoms with Crippen LogP contribution in [0.15, 0.2) is 91.0 Å². The van der Waals surface area contributed by atoms with Crippen LogP contribution in [0.2, 0.25) is 0 Å². The zero-order valence-electron chi connectivity index (χ0n) is 29.2. The van der Waals surface area contributed by atoms with Gasteiger partial charge in [0.2, 0.25) is 11.8 Å². The number of carbonyl (C=O) groups excluding carboxylic acids is 2. The Labute approximate surface area is 290 Å². The van der Waals surface area contributed by atoms with Crippen LogP contribution in [0, 0.1) is 5.92 Å². The molecule has 260 valence electrons. The number of hydrogen-bond acceptors (Lipinski definition) is 6. The number of aliphatic hydroxyl groups is 1. The van der Waals surface area contributed by atoms with Crippen molar-refractivity contribution in [3.63, 3.8) is 0 Å². The number of rotatable bonds is 15. The van der Waals surface area contributed by atoms with E-state index in [2.05, 4.69) is 78.9 Å². The highest BCUT2D eigenvalue weighted by Gasteiger charge is 2.39. The molecule has 0 aliphatic carbocycles. The van der Waals surface area contributed by atoms with Crippen molar-refractivity contribution in [1.29, 1.82) is 0 Å². The molecule has 1 aliphatic heterocycles.